The number of hydrogen-bond acceptors (Lipinski definition) is 2. The van der Waals surface area contributed by atoms with Crippen molar-refractivity contribution in [2.24, 2.45) is 5.92 Å². The Balaban J connectivity index is 2.54. The fourth-order valence-electron chi connectivity index (χ4n) is 2.09. The lowest BCUT2D eigenvalue weighted by Crippen LogP contribution is -2.29. The van der Waals surface area contributed by atoms with Gasteiger partial charge in [-0.2, -0.15) is 0 Å². The third kappa shape index (κ3) is 3.81. The number of Topliss-reactive ketones (excluding diaryl/α,β-unsaturated/α-hetero) is 1. The molecule has 2 nitrogen and oxygen atoms in total. The molecule has 96 valence electrons. The summed E-state index contributed by atoms with van der Waals surface area (Å²) in [6, 6.07) is 0. The van der Waals surface area contributed by atoms with Crippen molar-refractivity contribution in [3.63, 3.8) is 0 Å². The average Bonchev–Trinajstić information content (AvgIpc) is 2.68. The first kappa shape index (κ1) is 14.2. The van der Waals surface area contributed by atoms with E-state index in [1.165, 1.54) is 5.57 Å². The highest BCUT2D eigenvalue weighted by Gasteiger charge is 2.37. The molecule has 1 aliphatic heterocycles. The van der Waals surface area contributed by atoms with Gasteiger partial charge in [0.1, 0.15) is 5.78 Å². The quantitative estimate of drug-likeness (QED) is 0.681. The largest absolute Gasteiger partial charge is 0.367 e. The first-order chi connectivity index (χ1) is 7.88. The van der Waals surface area contributed by atoms with E-state index in [-0.39, 0.29) is 23.4 Å². The Morgan fingerprint density at radius 1 is 1.59 bits per heavy atom. The van der Waals surface area contributed by atoms with Gasteiger partial charge < -0.3 is 4.74 Å². The maximum Gasteiger partial charge on any atom is 0.142 e. The van der Waals surface area contributed by atoms with E-state index in [4.69, 9.17) is 4.74 Å². The van der Waals surface area contributed by atoms with Gasteiger partial charge in [0.2, 0.25) is 0 Å². The Morgan fingerprint density at radius 2 is 2.24 bits per heavy atom. The number of carbonyl (C=O) groups excluding carboxylic acids is 1. The topological polar surface area (TPSA) is 26.3 Å². The van der Waals surface area contributed by atoms with Gasteiger partial charge in [0.25, 0.3) is 0 Å². The van der Waals surface area contributed by atoms with Crippen molar-refractivity contribution < 1.29 is 9.53 Å². The predicted octanol–water partition coefficient (Wildman–Crippen LogP) is 3.67. The lowest BCUT2D eigenvalue weighted by molar-refractivity contribution is -0.127. The minimum atomic E-state index is -0.240. The maximum absolute atomic E-state index is 12.0. The molecule has 0 saturated carbocycles. The standard InChI is InChI=1S/C15H24O2/c1-6-15(5)10-9-14(17-15)12(4)13(16)8-7-11(2)3/h6-7,12,14H,1,8-10H2,2-5H3/t12-,14-,15-/m1/s1. The molecule has 0 bridgehead atoms. The van der Waals surface area contributed by atoms with Crippen molar-refractivity contribution in [1.29, 1.82) is 0 Å². The van der Waals surface area contributed by atoms with Gasteiger partial charge in [-0.3, -0.25) is 4.79 Å². The van der Waals surface area contributed by atoms with Crippen LogP contribution in [-0.2, 0) is 9.53 Å². The normalized spacial score (nSPS) is 29.8. The Labute approximate surface area is 105 Å². The highest BCUT2D eigenvalue weighted by Crippen LogP contribution is 2.34. The predicted molar refractivity (Wildman–Crippen MR) is 70.9 cm³/mol. The minimum Gasteiger partial charge on any atom is -0.367 e. The molecule has 0 N–H and O–H groups in total. The minimum absolute atomic E-state index is 0.0209. The summed E-state index contributed by atoms with van der Waals surface area (Å²) >= 11 is 0. The van der Waals surface area contributed by atoms with Crippen molar-refractivity contribution in [2.75, 3.05) is 0 Å². The van der Waals surface area contributed by atoms with E-state index in [2.05, 4.69) is 6.58 Å². The van der Waals surface area contributed by atoms with Crippen LogP contribution in [0.4, 0.5) is 0 Å². The summed E-state index contributed by atoms with van der Waals surface area (Å²) in [5.74, 6) is 0.247. The van der Waals surface area contributed by atoms with Crippen LogP contribution in [0.5, 0.6) is 0 Å². The molecule has 1 fully saturated rings. The Hall–Kier alpha value is -0.890. The van der Waals surface area contributed by atoms with Crippen LogP contribution in [0.25, 0.3) is 0 Å². The smallest absolute Gasteiger partial charge is 0.142 e. The number of ether oxygens (including phenoxy) is 1. The van der Waals surface area contributed by atoms with Crippen LogP contribution in [0.15, 0.2) is 24.3 Å². The highest BCUT2D eigenvalue weighted by molar-refractivity contribution is 5.82. The fraction of sp³-hybridized carbons (Fsp3) is 0.667. The Kier molecular flexibility index (Phi) is 4.70. The average molecular weight is 236 g/mol. The van der Waals surface area contributed by atoms with Crippen LogP contribution < -0.4 is 0 Å². The van der Waals surface area contributed by atoms with E-state index in [9.17, 15) is 4.79 Å². The van der Waals surface area contributed by atoms with Gasteiger partial charge in [0.15, 0.2) is 0 Å². The molecule has 0 spiro atoms. The molecule has 1 aliphatic rings. The van der Waals surface area contributed by atoms with Gasteiger partial charge in [0.05, 0.1) is 11.7 Å². The first-order valence-corrected chi connectivity index (χ1v) is 6.35. The van der Waals surface area contributed by atoms with E-state index in [0.29, 0.717) is 6.42 Å². The molecule has 1 rings (SSSR count). The molecule has 0 aromatic carbocycles. The van der Waals surface area contributed by atoms with Crippen molar-refractivity contribution in [3.05, 3.63) is 24.3 Å². The van der Waals surface area contributed by atoms with Gasteiger partial charge in [-0.05, 0) is 33.6 Å². The van der Waals surface area contributed by atoms with Crippen LogP contribution in [-0.4, -0.2) is 17.5 Å². The zero-order chi connectivity index (χ0) is 13.1. The second kappa shape index (κ2) is 5.63. The van der Waals surface area contributed by atoms with E-state index in [0.717, 1.165) is 12.8 Å². The molecule has 1 heterocycles. The van der Waals surface area contributed by atoms with Crippen LogP contribution in [0.3, 0.4) is 0 Å². The highest BCUT2D eigenvalue weighted by atomic mass is 16.5. The van der Waals surface area contributed by atoms with Crippen LogP contribution in [0.1, 0.15) is 47.0 Å². The number of ketones is 1. The van der Waals surface area contributed by atoms with Crippen molar-refractivity contribution >= 4 is 5.78 Å². The summed E-state index contributed by atoms with van der Waals surface area (Å²) in [5, 5.41) is 0. The molecule has 0 amide bonds. The molecule has 3 atom stereocenters. The Morgan fingerprint density at radius 3 is 2.71 bits per heavy atom. The summed E-state index contributed by atoms with van der Waals surface area (Å²) in [7, 11) is 0. The third-order valence-corrected chi connectivity index (χ3v) is 3.55. The summed E-state index contributed by atoms with van der Waals surface area (Å²) in [4.78, 5) is 12.0. The van der Waals surface area contributed by atoms with E-state index >= 15 is 0 Å². The van der Waals surface area contributed by atoms with Crippen LogP contribution in [0.2, 0.25) is 0 Å². The fourth-order valence-corrected chi connectivity index (χ4v) is 2.09. The molecule has 0 unspecified atom stereocenters. The summed E-state index contributed by atoms with van der Waals surface area (Å²) in [5.41, 5.74) is 0.948. The molecule has 0 aliphatic carbocycles. The lowest BCUT2D eigenvalue weighted by Gasteiger charge is -2.23. The number of allylic oxidation sites excluding steroid dienone is 2. The van der Waals surface area contributed by atoms with Crippen molar-refractivity contribution in [2.45, 2.75) is 58.7 Å². The van der Waals surface area contributed by atoms with Crippen molar-refractivity contribution in [1.82, 2.24) is 0 Å². The molecular weight excluding hydrogens is 212 g/mol. The maximum atomic E-state index is 12.0. The molecule has 17 heavy (non-hydrogen) atoms. The molecular formula is C15H24O2. The molecule has 1 saturated heterocycles. The number of rotatable bonds is 5. The van der Waals surface area contributed by atoms with Crippen LogP contribution in [0, 0.1) is 5.92 Å². The first-order valence-electron chi connectivity index (χ1n) is 6.35. The zero-order valence-electron chi connectivity index (χ0n) is 11.5. The summed E-state index contributed by atoms with van der Waals surface area (Å²) < 4.78 is 5.93. The monoisotopic (exact) mass is 236 g/mol. The second-order valence-electron chi connectivity index (χ2n) is 5.45. The number of carbonyl (C=O) groups is 1. The van der Waals surface area contributed by atoms with Gasteiger partial charge in [-0.25, -0.2) is 0 Å². The van der Waals surface area contributed by atoms with Crippen molar-refractivity contribution in [3.8, 4) is 0 Å². The molecule has 0 aromatic heterocycles. The second-order valence-corrected chi connectivity index (χ2v) is 5.45. The van der Waals surface area contributed by atoms with E-state index < -0.39 is 0 Å². The van der Waals surface area contributed by atoms with Gasteiger partial charge in [-0.1, -0.05) is 24.6 Å². The molecule has 0 radical (unpaired) electrons. The molecule has 0 aromatic rings. The van der Waals surface area contributed by atoms with Gasteiger partial charge in [0, 0.05) is 12.3 Å². The lowest BCUT2D eigenvalue weighted by atomic mass is 9.94. The third-order valence-electron chi connectivity index (χ3n) is 3.55. The number of hydrogen-bond donors (Lipinski definition) is 0. The summed E-state index contributed by atoms with van der Waals surface area (Å²) in [6.07, 6.45) is 6.32. The zero-order valence-corrected chi connectivity index (χ0v) is 11.5. The van der Waals surface area contributed by atoms with Gasteiger partial charge >= 0.3 is 0 Å². The van der Waals surface area contributed by atoms with Crippen LogP contribution >= 0.6 is 0 Å². The Bertz CT molecular complexity index is 326. The van der Waals surface area contributed by atoms with E-state index in [1.807, 2.05) is 39.8 Å². The SMILES string of the molecule is C=C[C@]1(C)CC[C@H]([C@H](C)C(=O)CC=C(C)C)O1. The van der Waals surface area contributed by atoms with Gasteiger partial charge in [-0.15, -0.1) is 6.58 Å². The molecule has 2 heteroatoms. The van der Waals surface area contributed by atoms with E-state index in [1.54, 1.807) is 0 Å². The summed E-state index contributed by atoms with van der Waals surface area (Å²) in [6.45, 7) is 11.8.